The molecule has 1 aromatic rings. The van der Waals surface area contributed by atoms with E-state index >= 15 is 0 Å². The fourth-order valence-corrected chi connectivity index (χ4v) is 2.52. The minimum absolute atomic E-state index is 0.225. The number of likely N-dealkylation sites (tertiary alicyclic amines) is 1. The second kappa shape index (κ2) is 4.49. The van der Waals surface area contributed by atoms with Crippen LogP contribution in [0.3, 0.4) is 0 Å². The third kappa shape index (κ3) is 2.67. The number of nitrogens with zero attached hydrogens (tertiary/aromatic N) is 1. The van der Waals surface area contributed by atoms with E-state index in [1.165, 1.54) is 0 Å². The number of carboxylic acid groups (broad SMARTS) is 1. The van der Waals surface area contributed by atoms with Crippen molar-refractivity contribution in [2.24, 2.45) is 5.41 Å². The van der Waals surface area contributed by atoms with Crippen molar-refractivity contribution in [2.45, 2.75) is 26.3 Å². The van der Waals surface area contributed by atoms with Crippen LogP contribution in [0.25, 0.3) is 0 Å². The second-order valence-corrected chi connectivity index (χ2v) is 5.54. The Morgan fingerprint density at radius 2 is 2.00 bits per heavy atom. The second-order valence-electron chi connectivity index (χ2n) is 5.54. The topological polar surface area (TPSA) is 40.5 Å². The highest BCUT2D eigenvalue weighted by Crippen LogP contribution is 2.34. The first-order chi connectivity index (χ1) is 7.99. The van der Waals surface area contributed by atoms with Crippen LogP contribution in [0.2, 0.25) is 0 Å². The molecule has 0 radical (unpaired) electrons. The molecule has 1 aliphatic rings. The van der Waals surface area contributed by atoms with Crippen LogP contribution < -0.4 is 0 Å². The maximum atomic E-state index is 11.5. The van der Waals surface area contributed by atoms with Gasteiger partial charge < -0.3 is 5.11 Å². The predicted octanol–water partition coefficient (Wildman–Crippen LogP) is 2.54. The van der Waals surface area contributed by atoms with Crippen molar-refractivity contribution < 1.29 is 9.90 Å². The van der Waals surface area contributed by atoms with Crippen molar-refractivity contribution in [1.29, 1.82) is 0 Å². The van der Waals surface area contributed by atoms with Gasteiger partial charge in [-0.25, -0.2) is 0 Å². The third-order valence-electron chi connectivity index (χ3n) is 3.42. The van der Waals surface area contributed by atoms with Crippen molar-refractivity contribution in [2.75, 3.05) is 13.1 Å². The van der Waals surface area contributed by atoms with Crippen molar-refractivity contribution in [3.05, 3.63) is 35.9 Å². The van der Waals surface area contributed by atoms with E-state index in [2.05, 4.69) is 18.7 Å². The number of aliphatic carboxylic acids is 1. The number of benzene rings is 1. The largest absolute Gasteiger partial charge is 0.480 e. The summed E-state index contributed by atoms with van der Waals surface area (Å²) < 4.78 is 0. The lowest BCUT2D eigenvalue weighted by atomic mass is 9.93. The molecule has 0 aliphatic carbocycles. The maximum Gasteiger partial charge on any atom is 0.325 e. The summed E-state index contributed by atoms with van der Waals surface area (Å²) in [5, 5.41) is 9.42. The van der Waals surface area contributed by atoms with Crippen LogP contribution in [0.5, 0.6) is 0 Å². The van der Waals surface area contributed by atoms with Gasteiger partial charge >= 0.3 is 5.97 Å². The molecule has 3 heteroatoms. The van der Waals surface area contributed by atoms with E-state index in [-0.39, 0.29) is 5.41 Å². The first kappa shape index (κ1) is 12.1. The highest BCUT2D eigenvalue weighted by molar-refractivity contribution is 5.75. The Morgan fingerprint density at radius 3 is 2.47 bits per heavy atom. The van der Waals surface area contributed by atoms with Gasteiger partial charge in [0.2, 0.25) is 0 Å². The molecule has 0 bridgehead atoms. The van der Waals surface area contributed by atoms with Crippen molar-refractivity contribution >= 4 is 5.97 Å². The molecule has 0 aromatic heterocycles. The first-order valence-electron chi connectivity index (χ1n) is 6.01. The molecule has 3 nitrogen and oxygen atoms in total. The van der Waals surface area contributed by atoms with Crippen LogP contribution in [-0.2, 0) is 4.79 Å². The van der Waals surface area contributed by atoms with Gasteiger partial charge in [0.15, 0.2) is 0 Å². The fourth-order valence-electron chi connectivity index (χ4n) is 2.52. The standard InChI is InChI=1S/C14H19NO2/c1-14(2)8-9-15(10-14)12(13(16)17)11-6-4-3-5-7-11/h3-7,12H,8-10H2,1-2H3,(H,16,17). The van der Waals surface area contributed by atoms with Gasteiger partial charge in [0.05, 0.1) is 0 Å². The molecule has 1 fully saturated rings. The SMILES string of the molecule is CC1(C)CCN(C(C(=O)O)c2ccccc2)C1. The number of hydrogen-bond donors (Lipinski definition) is 1. The van der Waals surface area contributed by atoms with E-state index in [4.69, 9.17) is 0 Å². The lowest BCUT2D eigenvalue weighted by Crippen LogP contribution is -2.33. The fraction of sp³-hybridized carbons (Fsp3) is 0.500. The molecule has 17 heavy (non-hydrogen) atoms. The van der Waals surface area contributed by atoms with E-state index in [9.17, 15) is 9.90 Å². The van der Waals surface area contributed by atoms with Gasteiger partial charge in [-0.1, -0.05) is 44.2 Å². The summed E-state index contributed by atoms with van der Waals surface area (Å²) in [6, 6.07) is 8.99. The van der Waals surface area contributed by atoms with Crippen LogP contribution in [-0.4, -0.2) is 29.1 Å². The Bertz CT molecular complexity index is 400. The summed E-state index contributed by atoms with van der Waals surface area (Å²) in [6.07, 6.45) is 1.06. The van der Waals surface area contributed by atoms with Crippen LogP contribution in [0, 0.1) is 5.41 Å². The van der Waals surface area contributed by atoms with E-state index in [0.29, 0.717) is 0 Å². The normalized spacial score (nSPS) is 21.3. The smallest absolute Gasteiger partial charge is 0.325 e. The molecular formula is C14H19NO2. The lowest BCUT2D eigenvalue weighted by molar-refractivity contribution is -0.143. The van der Waals surface area contributed by atoms with E-state index in [1.807, 2.05) is 30.3 Å². The predicted molar refractivity (Wildman–Crippen MR) is 66.8 cm³/mol. The van der Waals surface area contributed by atoms with Crippen molar-refractivity contribution in [3.63, 3.8) is 0 Å². The minimum atomic E-state index is -0.756. The number of hydrogen-bond acceptors (Lipinski definition) is 2. The van der Waals surface area contributed by atoms with Crippen molar-refractivity contribution in [3.8, 4) is 0 Å². The molecule has 92 valence electrons. The Labute approximate surface area is 102 Å². The molecule has 1 saturated heterocycles. The Balaban J connectivity index is 2.23. The quantitative estimate of drug-likeness (QED) is 0.872. The van der Waals surface area contributed by atoms with Gasteiger partial charge in [0.25, 0.3) is 0 Å². The van der Waals surface area contributed by atoms with Gasteiger partial charge in [-0.3, -0.25) is 9.69 Å². The molecule has 1 N–H and O–H groups in total. The number of carboxylic acids is 1. The van der Waals surface area contributed by atoms with Gasteiger partial charge in [-0.05, 0) is 23.9 Å². The lowest BCUT2D eigenvalue weighted by Gasteiger charge is -2.26. The third-order valence-corrected chi connectivity index (χ3v) is 3.42. The molecule has 0 spiro atoms. The molecule has 1 atom stereocenters. The number of rotatable bonds is 3. The molecular weight excluding hydrogens is 214 g/mol. The Hall–Kier alpha value is -1.35. The minimum Gasteiger partial charge on any atom is -0.480 e. The van der Waals surface area contributed by atoms with Crippen molar-refractivity contribution in [1.82, 2.24) is 4.90 Å². The van der Waals surface area contributed by atoms with Gasteiger partial charge in [-0.15, -0.1) is 0 Å². The highest BCUT2D eigenvalue weighted by Gasteiger charge is 2.36. The maximum absolute atomic E-state index is 11.5. The van der Waals surface area contributed by atoms with Crippen LogP contribution in [0.4, 0.5) is 0 Å². The van der Waals surface area contributed by atoms with Gasteiger partial charge in [0.1, 0.15) is 6.04 Å². The molecule has 0 amide bonds. The molecule has 1 heterocycles. The molecule has 1 unspecified atom stereocenters. The van der Waals surface area contributed by atoms with E-state index in [0.717, 1.165) is 25.1 Å². The van der Waals surface area contributed by atoms with Crippen LogP contribution >= 0.6 is 0 Å². The molecule has 1 aromatic carbocycles. The summed E-state index contributed by atoms with van der Waals surface area (Å²) in [4.78, 5) is 13.5. The molecule has 1 aliphatic heterocycles. The monoisotopic (exact) mass is 233 g/mol. The summed E-state index contributed by atoms with van der Waals surface area (Å²) >= 11 is 0. The Morgan fingerprint density at radius 1 is 1.35 bits per heavy atom. The van der Waals surface area contributed by atoms with Crippen LogP contribution in [0.1, 0.15) is 31.9 Å². The van der Waals surface area contributed by atoms with E-state index in [1.54, 1.807) is 0 Å². The summed E-state index contributed by atoms with van der Waals surface area (Å²) in [5.41, 5.74) is 1.10. The number of carbonyl (C=O) groups is 1. The molecule has 0 saturated carbocycles. The molecule has 2 rings (SSSR count). The average molecular weight is 233 g/mol. The summed E-state index contributed by atoms with van der Waals surface area (Å²) in [7, 11) is 0. The zero-order valence-electron chi connectivity index (χ0n) is 10.4. The summed E-state index contributed by atoms with van der Waals surface area (Å²) in [5.74, 6) is -0.756. The van der Waals surface area contributed by atoms with Gasteiger partial charge in [0, 0.05) is 6.54 Å². The zero-order chi connectivity index (χ0) is 12.5. The van der Waals surface area contributed by atoms with Gasteiger partial charge in [-0.2, -0.15) is 0 Å². The van der Waals surface area contributed by atoms with Crippen LogP contribution in [0.15, 0.2) is 30.3 Å². The highest BCUT2D eigenvalue weighted by atomic mass is 16.4. The Kier molecular flexibility index (Phi) is 3.20. The van der Waals surface area contributed by atoms with E-state index < -0.39 is 12.0 Å². The first-order valence-corrected chi connectivity index (χ1v) is 6.01. The summed E-state index contributed by atoms with van der Waals surface area (Å²) in [6.45, 7) is 6.09. The zero-order valence-corrected chi connectivity index (χ0v) is 10.4. The average Bonchev–Trinajstić information content (AvgIpc) is 2.60.